The van der Waals surface area contributed by atoms with E-state index in [0.29, 0.717) is 24.9 Å². The second kappa shape index (κ2) is 10.3. The highest BCUT2D eigenvalue weighted by Crippen LogP contribution is 2.30. The van der Waals surface area contributed by atoms with E-state index in [-0.39, 0.29) is 24.8 Å². The van der Waals surface area contributed by atoms with Crippen molar-refractivity contribution >= 4 is 17.8 Å². The lowest BCUT2D eigenvalue weighted by Crippen LogP contribution is -2.51. The second-order valence-corrected chi connectivity index (χ2v) is 9.10. The van der Waals surface area contributed by atoms with Crippen molar-refractivity contribution in [3.8, 4) is 5.75 Å². The molecule has 3 saturated heterocycles. The Balaban J connectivity index is 1.23. The Bertz CT molecular complexity index is 826. The van der Waals surface area contributed by atoms with Gasteiger partial charge in [0.1, 0.15) is 11.8 Å². The molecular formula is C24H34N4O4. The van der Waals surface area contributed by atoms with Gasteiger partial charge < -0.3 is 20.3 Å². The molecule has 0 unspecified atom stereocenters. The third-order valence-corrected chi connectivity index (χ3v) is 7.07. The van der Waals surface area contributed by atoms with Gasteiger partial charge in [0.05, 0.1) is 13.5 Å². The first kappa shape index (κ1) is 22.6. The molecule has 0 saturated carbocycles. The predicted octanol–water partition coefficient (Wildman–Crippen LogP) is 1.93. The number of fused-ring (bicyclic) bond motifs is 1. The molecule has 0 bridgehead atoms. The van der Waals surface area contributed by atoms with Gasteiger partial charge in [-0.2, -0.15) is 0 Å². The fraction of sp³-hybridized carbons (Fsp3) is 0.625. The first-order chi connectivity index (χ1) is 15.5. The van der Waals surface area contributed by atoms with Crippen LogP contribution in [0.1, 0.15) is 44.1 Å². The Labute approximate surface area is 189 Å². The van der Waals surface area contributed by atoms with Crippen molar-refractivity contribution in [1.29, 1.82) is 0 Å². The summed E-state index contributed by atoms with van der Waals surface area (Å²) in [5.41, 5.74) is 1.01. The van der Waals surface area contributed by atoms with Crippen molar-refractivity contribution in [2.45, 2.75) is 57.0 Å². The number of nitrogens with one attached hydrogen (secondary N) is 2. The summed E-state index contributed by atoms with van der Waals surface area (Å²) in [4.78, 5) is 41.3. The van der Waals surface area contributed by atoms with Crippen molar-refractivity contribution in [2.75, 3.05) is 33.3 Å². The van der Waals surface area contributed by atoms with Gasteiger partial charge >= 0.3 is 6.03 Å². The average molecular weight is 443 g/mol. The van der Waals surface area contributed by atoms with Crippen molar-refractivity contribution in [3.63, 3.8) is 0 Å². The summed E-state index contributed by atoms with van der Waals surface area (Å²) in [6.45, 7) is 3.28. The van der Waals surface area contributed by atoms with E-state index in [1.54, 1.807) is 7.11 Å². The molecule has 32 heavy (non-hydrogen) atoms. The number of methoxy groups -OCH3 is 1. The van der Waals surface area contributed by atoms with E-state index >= 15 is 0 Å². The third-order valence-electron chi connectivity index (χ3n) is 7.07. The predicted molar refractivity (Wildman–Crippen MR) is 120 cm³/mol. The molecule has 3 aliphatic heterocycles. The minimum atomic E-state index is -0.782. The van der Waals surface area contributed by atoms with Gasteiger partial charge in [0.2, 0.25) is 5.91 Å². The first-order valence-corrected chi connectivity index (χ1v) is 11.8. The number of imide groups is 1. The second-order valence-electron chi connectivity index (χ2n) is 9.10. The van der Waals surface area contributed by atoms with E-state index in [1.807, 2.05) is 24.3 Å². The van der Waals surface area contributed by atoms with Crippen molar-refractivity contribution in [2.24, 2.45) is 5.92 Å². The molecule has 4 rings (SSSR count). The zero-order valence-electron chi connectivity index (χ0n) is 18.8. The lowest BCUT2D eigenvalue weighted by atomic mass is 9.83. The molecule has 2 N–H and O–H groups in total. The maximum Gasteiger partial charge on any atom is 0.324 e. The summed E-state index contributed by atoms with van der Waals surface area (Å²) >= 11 is 0. The quantitative estimate of drug-likeness (QED) is 0.601. The number of rotatable bonds is 8. The number of ether oxygens (including phenoxy) is 1. The Morgan fingerprint density at radius 3 is 2.69 bits per heavy atom. The van der Waals surface area contributed by atoms with Crippen LogP contribution in [0.25, 0.3) is 0 Å². The Morgan fingerprint density at radius 1 is 1.12 bits per heavy atom. The van der Waals surface area contributed by atoms with Gasteiger partial charge in [0.15, 0.2) is 0 Å². The normalized spacial score (nSPS) is 25.9. The van der Waals surface area contributed by atoms with Crippen LogP contribution in [0.4, 0.5) is 4.79 Å². The van der Waals surface area contributed by atoms with Crippen LogP contribution in [0, 0.1) is 5.92 Å². The van der Waals surface area contributed by atoms with Gasteiger partial charge in [0.25, 0.3) is 5.91 Å². The Morgan fingerprint density at radius 2 is 1.91 bits per heavy atom. The number of piperidine rings is 2. The highest BCUT2D eigenvalue weighted by molar-refractivity contribution is 6.05. The number of carbonyl (C=O) groups is 3. The molecule has 8 nitrogen and oxygen atoms in total. The Kier molecular flexibility index (Phi) is 7.29. The van der Waals surface area contributed by atoms with Gasteiger partial charge in [-0.25, -0.2) is 4.79 Å². The number of hydrogen-bond acceptors (Lipinski definition) is 5. The van der Waals surface area contributed by atoms with Gasteiger partial charge in [0, 0.05) is 19.1 Å². The lowest BCUT2D eigenvalue weighted by molar-refractivity contribution is -0.131. The monoisotopic (exact) mass is 442 g/mol. The van der Waals surface area contributed by atoms with Crippen LogP contribution in [-0.4, -0.2) is 73.0 Å². The molecule has 1 aromatic carbocycles. The summed E-state index contributed by atoms with van der Waals surface area (Å²) in [6, 6.07) is 6.91. The van der Waals surface area contributed by atoms with Crippen LogP contribution in [0.3, 0.4) is 0 Å². The molecule has 3 fully saturated rings. The molecule has 1 aromatic rings. The summed E-state index contributed by atoms with van der Waals surface area (Å²) < 4.78 is 5.15. The maximum atomic E-state index is 12.7. The third kappa shape index (κ3) is 5.23. The van der Waals surface area contributed by atoms with Crippen LogP contribution < -0.4 is 15.4 Å². The van der Waals surface area contributed by atoms with Crippen LogP contribution in [-0.2, 0) is 16.0 Å². The van der Waals surface area contributed by atoms with Crippen molar-refractivity contribution in [3.05, 3.63) is 29.8 Å². The molecule has 3 aliphatic rings. The molecule has 174 valence electrons. The number of benzene rings is 1. The lowest BCUT2D eigenvalue weighted by Gasteiger charge is -2.44. The zero-order chi connectivity index (χ0) is 22.5. The van der Waals surface area contributed by atoms with Crippen LogP contribution in [0.15, 0.2) is 24.3 Å². The molecule has 0 aliphatic carbocycles. The first-order valence-electron chi connectivity index (χ1n) is 11.8. The number of amides is 4. The molecule has 0 spiro atoms. The number of hydrogen-bond donors (Lipinski definition) is 2. The van der Waals surface area contributed by atoms with Gasteiger partial charge in [-0.3, -0.25) is 14.5 Å². The molecule has 4 amide bonds. The SMILES string of the molecule is COc1ccc(CCN2C(=O)N[C@H](CC(=O)NC[C@@H]3CCCN4CCCC[C@H]34)C2=O)cc1. The number of urea groups is 1. The van der Waals surface area contributed by atoms with E-state index in [4.69, 9.17) is 4.74 Å². The van der Waals surface area contributed by atoms with Crippen LogP contribution >= 0.6 is 0 Å². The van der Waals surface area contributed by atoms with Gasteiger partial charge in [-0.1, -0.05) is 18.6 Å². The van der Waals surface area contributed by atoms with E-state index in [0.717, 1.165) is 17.7 Å². The number of nitrogens with zero attached hydrogens (tertiary/aromatic N) is 2. The van der Waals surface area contributed by atoms with Crippen LogP contribution in [0.5, 0.6) is 5.75 Å². The smallest absolute Gasteiger partial charge is 0.324 e. The van der Waals surface area contributed by atoms with E-state index in [2.05, 4.69) is 15.5 Å². The minimum absolute atomic E-state index is 0.00922. The molecule has 3 heterocycles. The molecule has 3 atom stereocenters. The molecule has 8 heteroatoms. The molecular weight excluding hydrogens is 408 g/mol. The van der Waals surface area contributed by atoms with Gasteiger partial charge in [-0.05, 0) is 68.8 Å². The van der Waals surface area contributed by atoms with Crippen LogP contribution in [0.2, 0.25) is 0 Å². The topological polar surface area (TPSA) is 91.0 Å². The molecule has 0 aromatic heterocycles. The highest BCUT2D eigenvalue weighted by Gasteiger charge is 2.39. The fourth-order valence-corrected chi connectivity index (χ4v) is 5.28. The summed E-state index contributed by atoms with van der Waals surface area (Å²) in [5.74, 6) is 0.741. The minimum Gasteiger partial charge on any atom is -0.497 e. The zero-order valence-corrected chi connectivity index (χ0v) is 18.8. The Hall–Kier alpha value is -2.61. The van der Waals surface area contributed by atoms with Gasteiger partial charge in [-0.15, -0.1) is 0 Å². The van der Waals surface area contributed by atoms with Crippen molar-refractivity contribution < 1.29 is 19.1 Å². The number of carbonyl (C=O) groups excluding carboxylic acids is 3. The summed E-state index contributed by atoms with van der Waals surface area (Å²) in [5, 5.41) is 5.70. The van der Waals surface area contributed by atoms with E-state index in [1.165, 1.54) is 43.7 Å². The average Bonchev–Trinajstić information content (AvgIpc) is 3.08. The van der Waals surface area contributed by atoms with E-state index < -0.39 is 12.1 Å². The summed E-state index contributed by atoms with van der Waals surface area (Å²) in [6.07, 6.45) is 6.61. The van der Waals surface area contributed by atoms with E-state index in [9.17, 15) is 14.4 Å². The maximum absolute atomic E-state index is 12.7. The molecule has 0 radical (unpaired) electrons. The fourth-order valence-electron chi connectivity index (χ4n) is 5.28. The summed E-state index contributed by atoms with van der Waals surface area (Å²) in [7, 11) is 1.61. The standard InChI is InChI=1S/C24H34N4O4/c1-32-19-9-7-17(8-10-19)11-14-28-23(30)20(26-24(28)31)15-22(29)25-16-18-5-4-13-27-12-3-2-6-21(18)27/h7-10,18,20-21H,2-6,11-16H2,1H3,(H,25,29)(H,26,31)/t18-,20+,21+/m0/s1. The highest BCUT2D eigenvalue weighted by atomic mass is 16.5. The largest absolute Gasteiger partial charge is 0.497 e. The van der Waals surface area contributed by atoms with Crippen molar-refractivity contribution in [1.82, 2.24) is 20.4 Å².